The van der Waals surface area contributed by atoms with E-state index >= 15 is 0 Å². The summed E-state index contributed by atoms with van der Waals surface area (Å²) in [7, 11) is 0. The highest BCUT2D eigenvalue weighted by atomic mass is 35.5. The highest BCUT2D eigenvalue weighted by Crippen LogP contribution is 2.22. The van der Waals surface area contributed by atoms with Crippen molar-refractivity contribution < 1.29 is 4.79 Å². The van der Waals surface area contributed by atoms with Gasteiger partial charge in [0.1, 0.15) is 5.82 Å². The minimum atomic E-state index is -0.181. The number of nitrogens with one attached hydrogen (secondary N) is 2. The van der Waals surface area contributed by atoms with Crippen LogP contribution in [-0.4, -0.2) is 29.0 Å². The molecule has 0 saturated carbocycles. The summed E-state index contributed by atoms with van der Waals surface area (Å²) in [5, 5.41) is 6.73. The maximum absolute atomic E-state index is 12.3. The molecule has 0 unspecified atom stereocenters. The third kappa shape index (κ3) is 4.84. The molecule has 1 aromatic heterocycles. The van der Waals surface area contributed by atoms with E-state index in [4.69, 9.17) is 11.6 Å². The molecule has 4 rings (SSSR count). The summed E-state index contributed by atoms with van der Waals surface area (Å²) in [5.74, 6) is 1.36. The molecule has 6 nitrogen and oxygen atoms in total. The van der Waals surface area contributed by atoms with Crippen LogP contribution in [0, 0.1) is 6.92 Å². The molecule has 1 saturated heterocycles. The molecule has 148 valence electrons. The number of aromatic nitrogens is 2. The fraction of sp³-hybridized carbons (Fsp3) is 0.227. The first-order valence-electron chi connectivity index (χ1n) is 9.61. The number of nitrogens with zero attached hydrogens (tertiary/aromatic N) is 3. The van der Waals surface area contributed by atoms with E-state index in [2.05, 4.69) is 25.5 Å². The number of anilines is 4. The Labute approximate surface area is 174 Å². The molecule has 7 heteroatoms. The number of hydrogen-bond donors (Lipinski definition) is 2. The molecule has 0 radical (unpaired) electrons. The van der Waals surface area contributed by atoms with Gasteiger partial charge in [-0.15, -0.1) is 0 Å². The Morgan fingerprint density at radius 3 is 2.31 bits per heavy atom. The van der Waals surface area contributed by atoms with Gasteiger partial charge >= 0.3 is 0 Å². The number of aryl methyl sites for hydroxylation is 1. The summed E-state index contributed by atoms with van der Waals surface area (Å²) in [4.78, 5) is 23.7. The summed E-state index contributed by atoms with van der Waals surface area (Å²) in [6.07, 6.45) is 2.41. The van der Waals surface area contributed by atoms with Crippen LogP contribution in [0.25, 0.3) is 0 Å². The molecule has 1 fully saturated rings. The Balaban J connectivity index is 1.43. The average Bonchev–Trinajstić information content (AvgIpc) is 3.24. The van der Waals surface area contributed by atoms with E-state index < -0.39 is 0 Å². The topological polar surface area (TPSA) is 70.2 Å². The van der Waals surface area contributed by atoms with Crippen LogP contribution < -0.4 is 15.5 Å². The Morgan fingerprint density at radius 1 is 0.966 bits per heavy atom. The lowest BCUT2D eigenvalue weighted by Crippen LogP contribution is -2.19. The predicted octanol–water partition coefficient (Wildman–Crippen LogP) is 5.03. The number of carbonyl (C=O) groups excluding carboxylic acids is 1. The van der Waals surface area contributed by atoms with Crippen LogP contribution in [0.2, 0.25) is 5.02 Å². The molecule has 0 bridgehead atoms. The maximum Gasteiger partial charge on any atom is 0.255 e. The van der Waals surface area contributed by atoms with Crippen molar-refractivity contribution in [2.75, 3.05) is 28.6 Å². The molecule has 0 spiro atoms. The van der Waals surface area contributed by atoms with Gasteiger partial charge in [-0.3, -0.25) is 4.79 Å². The van der Waals surface area contributed by atoms with Crippen molar-refractivity contribution >= 4 is 40.6 Å². The Morgan fingerprint density at radius 2 is 1.62 bits per heavy atom. The number of hydrogen-bond acceptors (Lipinski definition) is 5. The van der Waals surface area contributed by atoms with Crippen molar-refractivity contribution in [1.29, 1.82) is 0 Å². The van der Waals surface area contributed by atoms with Crippen molar-refractivity contribution in [1.82, 2.24) is 9.97 Å². The molecular formula is C22H22ClN5O. The third-order valence-corrected chi connectivity index (χ3v) is 5.03. The summed E-state index contributed by atoms with van der Waals surface area (Å²) < 4.78 is 0. The maximum atomic E-state index is 12.3. The molecule has 1 amide bonds. The zero-order valence-corrected chi connectivity index (χ0v) is 16.9. The fourth-order valence-corrected chi connectivity index (χ4v) is 3.41. The van der Waals surface area contributed by atoms with Crippen molar-refractivity contribution in [2.24, 2.45) is 0 Å². The molecule has 0 atom stereocenters. The lowest BCUT2D eigenvalue weighted by Gasteiger charge is -2.17. The van der Waals surface area contributed by atoms with Crippen LogP contribution in [0.5, 0.6) is 0 Å². The second-order valence-corrected chi connectivity index (χ2v) is 7.49. The minimum absolute atomic E-state index is 0.181. The summed E-state index contributed by atoms with van der Waals surface area (Å²) in [5.41, 5.74) is 3.04. The largest absolute Gasteiger partial charge is 0.356 e. The Hall–Kier alpha value is -3.12. The van der Waals surface area contributed by atoms with Crippen LogP contribution in [-0.2, 0) is 0 Å². The molecule has 3 aromatic rings. The van der Waals surface area contributed by atoms with Gasteiger partial charge in [-0.2, -0.15) is 4.98 Å². The molecule has 2 N–H and O–H groups in total. The molecule has 1 aliphatic heterocycles. The van der Waals surface area contributed by atoms with Crippen LogP contribution in [0.1, 0.15) is 28.9 Å². The van der Waals surface area contributed by atoms with Gasteiger partial charge in [0.15, 0.2) is 0 Å². The van der Waals surface area contributed by atoms with Crippen molar-refractivity contribution in [3.05, 3.63) is 70.9 Å². The first kappa shape index (κ1) is 19.2. The van der Waals surface area contributed by atoms with E-state index in [-0.39, 0.29) is 5.91 Å². The second kappa shape index (κ2) is 8.49. The zero-order valence-electron chi connectivity index (χ0n) is 16.2. The number of benzene rings is 2. The van der Waals surface area contributed by atoms with Crippen molar-refractivity contribution in [3.63, 3.8) is 0 Å². The molecule has 0 aliphatic carbocycles. The molecular weight excluding hydrogens is 386 g/mol. The van der Waals surface area contributed by atoms with E-state index in [1.165, 1.54) is 12.8 Å². The summed E-state index contributed by atoms with van der Waals surface area (Å²) in [6.45, 7) is 4.05. The number of amides is 1. The quantitative estimate of drug-likeness (QED) is 0.620. The molecule has 2 aromatic carbocycles. The minimum Gasteiger partial charge on any atom is -0.356 e. The zero-order chi connectivity index (χ0) is 20.2. The average molecular weight is 408 g/mol. The van der Waals surface area contributed by atoms with Gasteiger partial charge in [0.25, 0.3) is 5.91 Å². The standard InChI is InChI=1S/C22H22ClN5O/c1-15-14-20(28-12-2-3-13-28)27-22(24-15)26-19-10-8-18(9-11-19)25-21(29)16-4-6-17(23)7-5-16/h4-11,14H,2-3,12-13H2,1H3,(H,25,29)(H,24,26,27). The van der Waals surface area contributed by atoms with Crippen LogP contribution >= 0.6 is 11.6 Å². The van der Waals surface area contributed by atoms with Gasteiger partial charge in [0.2, 0.25) is 5.95 Å². The molecule has 29 heavy (non-hydrogen) atoms. The highest BCUT2D eigenvalue weighted by Gasteiger charge is 2.15. The van der Waals surface area contributed by atoms with Gasteiger partial charge in [-0.25, -0.2) is 4.98 Å². The van der Waals surface area contributed by atoms with Crippen LogP contribution in [0.3, 0.4) is 0 Å². The Bertz CT molecular complexity index is 999. The van der Waals surface area contributed by atoms with Gasteiger partial charge < -0.3 is 15.5 Å². The van der Waals surface area contributed by atoms with Crippen molar-refractivity contribution in [3.8, 4) is 0 Å². The van der Waals surface area contributed by atoms with Gasteiger partial charge in [0.05, 0.1) is 0 Å². The monoisotopic (exact) mass is 407 g/mol. The number of halogens is 1. The van der Waals surface area contributed by atoms with E-state index in [9.17, 15) is 4.79 Å². The fourth-order valence-electron chi connectivity index (χ4n) is 3.29. The number of rotatable bonds is 5. The van der Waals surface area contributed by atoms with Crippen LogP contribution in [0.15, 0.2) is 54.6 Å². The van der Waals surface area contributed by atoms with Gasteiger partial charge in [-0.1, -0.05) is 11.6 Å². The second-order valence-electron chi connectivity index (χ2n) is 7.05. The normalized spacial score (nSPS) is 13.4. The Kier molecular flexibility index (Phi) is 5.62. The molecule has 2 heterocycles. The third-order valence-electron chi connectivity index (χ3n) is 4.78. The van der Waals surface area contributed by atoms with E-state index in [1.54, 1.807) is 24.3 Å². The first-order chi connectivity index (χ1) is 14.1. The highest BCUT2D eigenvalue weighted by molar-refractivity contribution is 6.30. The van der Waals surface area contributed by atoms with E-state index in [1.807, 2.05) is 37.3 Å². The van der Waals surface area contributed by atoms with Crippen molar-refractivity contribution in [2.45, 2.75) is 19.8 Å². The smallest absolute Gasteiger partial charge is 0.255 e. The summed E-state index contributed by atoms with van der Waals surface area (Å²) in [6, 6.07) is 16.3. The SMILES string of the molecule is Cc1cc(N2CCCC2)nc(Nc2ccc(NC(=O)c3ccc(Cl)cc3)cc2)n1. The first-order valence-corrected chi connectivity index (χ1v) is 9.99. The van der Waals surface area contributed by atoms with Crippen LogP contribution in [0.4, 0.5) is 23.1 Å². The lowest BCUT2D eigenvalue weighted by atomic mass is 10.2. The number of carbonyl (C=O) groups is 1. The van der Waals surface area contributed by atoms with E-state index in [0.717, 1.165) is 30.3 Å². The molecule has 1 aliphatic rings. The predicted molar refractivity (Wildman–Crippen MR) is 117 cm³/mol. The lowest BCUT2D eigenvalue weighted by molar-refractivity contribution is 0.102. The van der Waals surface area contributed by atoms with Gasteiger partial charge in [-0.05, 0) is 68.3 Å². The van der Waals surface area contributed by atoms with Gasteiger partial charge in [0, 0.05) is 46.8 Å². The van der Waals surface area contributed by atoms with E-state index in [0.29, 0.717) is 22.2 Å². The summed E-state index contributed by atoms with van der Waals surface area (Å²) >= 11 is 5.87.